The maximum absolute atomic E-state index is 6.16. The SMILES string of the molecule is c1cncc(CO[C@@H]2CCCN(c3nc4nonc4nc3NCc3cccs3)C2)c1. The highest BCUT2D eigenvalue weighted by Crippen LogP contribution is 2.28. The highest BCUT2D eigenvalue weighted by Gasteiger charge is 2.25. The zero-order valence-corrected chi connectivity index (χ0v) is 17.1. The number of ether oxygens (including phenoxy) is 1. The summed E-state index contributed by atoms with van der Waals surface area (Å²) < 4.78 is 11.0. The minimum Gasteiger partial charge on any atom is -0.372 e. The van der Waals surface area contributed by atoms with Crippen LogP contribution >= 0.6 is 11.3 Å². The van der Waals surface area contributed by atoms with Crippen LogP contribution in [0.25, 0.3) is 11.3 Å². The van der Waals surface area contributed by atoms with Crippen LogP contribution in [0, 0.1) is 0 Å². The molecule has 0 spiro atoms. The van der Waals surface area contributed by atoms with Gasteiger partial charge in [0.05, 0.1) is 19.3 Å². The Bertz CT molecular complexity index is 1090. The summed E-state index contributed by atoms with van der Waals surface area (Å²) in [6.07, 6.45) is 5.74. The fourth-order valence-electron chi connectivity index (χ4n) is 3.52. The average Bonchev–Trinajstić information content (AvgIpc) is 3.48. The van der Waals surface area contributed by atoms with Gasteiger partial charge in [-0.2, -0.15) is 0 Å². The third kappa shape index (κ3) is 4.24. The van der Waals surface area contributed by atoms with Gasteiger partial charge in [-0.1, -0.05) is 12.1 Å². The standard InChI is InChI=1S/C20H21N7O2S/c1-4-14(10-21-7-1)13-28-15-5-2-8-27(12-15)20-19(22-11-16-6-3-9-30-16)23-17-18(24-20)26-29-25-17/h1,3-4,6-7,9-10,15H,2,5,8,11-13H2,(H,22,23,25)/t15-/m1/s1. The van der Waals surface area contributed by atoms with Gasteiger partial charge in [0.2, 0.25) is 11.3 Å². The maximum atomic E-state index is 6.16. The van der Waals surface area contributed by atoms with Crippen LogP contribution < -0.4 is 10.2 Å². The van der Waals surface area contributed by atoms with Crippen molar-refractivity contribution in [3.8, 4) is 0 Å². The molecule has 1 atom stereocenters. The first kappa shape index (κ1) is 18.9. The summed E-state index contributed by atoms with van der Waals surface area (Å²) >= 11 is 1.70. The molecule has 0 aliphatic carbocycles. The molecular weight excluding hydrogens is 402 g/mol. The Hall–Kier alpha value is -3.11. The van der Waals surface area contributed by atoms with E-state index in [1.807, 2.05) is 24.4 Å². The third-order valence-corrected chi connectivity index (χ3v) is 5.87. The Balaban J connectivity index is 1.33. The van der Waals surface area contributed by atoms with Gasteiger partial charge in [0.25, 0.3) is 0 Å². The Morgan fingerprint density at radius 2 is 2.13 bits per heavy atom. The minimum atomic E-state index is 0.108. The van der Waals surface area contributed by atoms with Crippen molar-refractivity contribution in [1.29, 1.82) is 0 Å². The lowest BCUT2D eigenvalue weighted by Gasteiger charge is -2.34. The molecule has 1 aliphatic rings. The highest BCUT2D eigenvalue weighted by atomic mass is 32.1. The fraction of sp³-hybridized carbons (Fsp3) is 0.350. The maximum Gasteiger partial charge on any atom is 0.245 e. The predicted molar refractivity (Wildman–Crippen MR) is 113 cm³/mol. The normalized spacial score (nSPS) is 16.8. The highest BCUT2D eigenvalue weighted by molar-refractivity contribution is 7.09. The number of rotatable bonds is 7. The quantitative estimate of drug-likeness (QED) is 0.480. The summed E-state index contributed by atoms with van der Waals surface area (Å²) in [6, 6.07) is 8.07. The molecule has 1 N–H and O–H groups in total. The second-order valence-corrected chi connectivity index (χ2v) is 8.15. The van der Waals surface area contributed by atoms with Gasteiger partial charge in [0.15, 0.2) is 11.6 Å². The van der Waals surface area contributed by atoms with Crippen LogP contribution in [0.2, 0.25) is 0 Å². The fourth-order valence-corrected chi connectivity index (χ4v) is 4.16. The van der Waals surface area contributed by atoms with E-state index in [4.69, 9.17) is 9.37 Å². The molecule has 5 heterocycles. The van der Waals surface area contributed by atoms with Crippen molar-refractivity contribution >= 4 is 34.3 Å². The number of aromatic nitrogens is 5. The van der Waals surface area contributed by atoms with E-state index in [1.54, 1.807) is 17.5 Å². The van der Waals surface area contributed by atoms with Crippen molar-refractivity contribution in [2.24, 2.45) is 0 Å². The van der Waals surface area contributed by atoms with E-state index in [2.05, 4.69) is 46.9 Å². The van der Waals surface area contributed by atoms with Gasteiger partial charge in [0, 0.05) is 30.4 Å². The first-order chi connectivity index (χ1) is 14.8. The molecule has 5 rings (SSSR count). The van der Waals surface area contributed by atoms with Crippen LogP contribution in [0.4, 0.5) is 11.6 Å². The van der Waals surface area contributed by atoms with Gasteiger partial charge in [-0.15, -0.1) is 11.3 Å². The monoisotopic (exact) mass is 423 g/mol. The lowest BCUT2D eigenvalue weighted by atomic mass is 10.1. The number of nitrogens with one attached hydrogen (secondary N) is 1. The Morgan fingerprint density at radius 3 is 2.97 bits per heavy atom. The summed E-state index contributed by atoms with van der Waals surface area (Å²) in [5.41, 5.74) is 1.88. The van der Waals surface area contributed by atoms with Crippen molar-refractivity contribution in [2.75, 3.05) is 23.3 Å². The van der Waals surface area contributed by atoms with Crippen LogP contribution in [-0.2, 0) is 17.9 Å². The summed E-state index contributed by atoms with van der Waals surface area (Å²) in [5, 5.41) is 13.2. The molecule has 30 heavy (non-hydrogen) atoms. The van der Waals surface area contributed by atoms with Gasteiger partial charge in [-0.3, -0.25) is 4.98 Å². The second kappa shape index (κ2) is 8.72. The number of thiophene rings is 1. The summed E-state index contributed by atoms with van der Waals surface area (Å²) in [7, 11) is 0. The van der Waals surface area contributed by atoms with E-state index in [0.717, 1.165) is 37.3 Å². The van der Waals surface area contributed by atoms with E-state index in [9.17, 15) is 0 Å². The van der Waals surface area contributed by atoms with Gasteiger partial charge >= 0.3 is 0 Å². The number of nitrogens with zero attached hydrogens (tertiary/aromatic N) is 6. The van der Waals surface area contributed by atoms with Crippen molar-refractivity contribution in [2.45, 2.75) is 32.1 Å². The van der Waals surface area contributed by atoms with Crippen LogP contribution in [0.1, 0.15) is 23.3 Å². The molecule has 1 fully saturated rings. The van der Waals surface area contributed by atoms with E-state index < -0.39 is 0 Å². The molecule has 0 bridgehead atoms. The topological polar surface area (TPSA) is 102 Å². The summed E-state index contributed by atoms with van der Waals surface area (Å²) in [4.78, 5) is 16.9. The van der Waals surface area contributed by atoms with Gasteiger partial charge < -0.3 is 15.0 Å². The molecule has 4 aromatic rings. The number of hydrogen-bond donors (Lipinski definition) is 1. The average molecular weight is 424 g/mol. The van der Waals surface area contributed by atoms with Crippen molar-refractivity contribution in [3.05, 3.63) is 52.5 Å². The van der Waals surface area contributed by atoms with Crippen LogP contribution in [-0.4, -0.2) is 44.5 Å². The number of hydrogen-bond acceptors (Lipinski definition) is 10. The number of piperidine rings is 1. The lowest BCUT2D eigenvalue weighted by molar-refractivity contribution is 0.0313. The molecule has 1 aliphatic heterocycles. The molecule has 0 amide bonds. The number of pyridine rings is 1. The van der Waals surface area contributed by atoms with Crippen molar-refractivity contribution in [1.82, 2.24) is 25.3 Å². The molecule has 0 radical (unpaired) electrons. The molecule has 0 unspecified atom stereocenters. The summed E-state index contributed by atoms with van der Waals surface area (Å²) in [5.74, 6) is 1.43. The number of fused-ring (bicyclic) bond motifs is 1. The Kier molecular flexibility index (Phi) is 5.49. The van der Waals surface area contributed by atoms with Gasteiger partial charge in [-0.05, 0) is 46.2 Å². The zero-order chi connectivity index (χ0) is 20.2. The van der Waals surface area contributed by atoms with Crippen LogP contribution in [0.15, 0.2) is 46.7 Å². The molecule has 0 aromatic carbocycles. The number of anilines is 2. The largest absolute Gasteiger partial charge is 0.372 e. The first-order valence-electron chi connectivity index (χ1n) is 9.87. The van der Waals surface area contributed by atoms with E-state index in [1.165, 1.54) is 4.88 Å². The molecule has 9 nitrogen and oxygen atoms in total. The van der Waals surface area contributed by atoms with E-state index in [-0.39, 0.29) is 6.10 Å². The minimum absolute atomic E-state index is 0.108. The van der Waals surface area contributed by atoms with Gasteiger partial charge in [0.1, 0.15) is 0 Å². The third-order valence-electron chi connectivity index (χ3n) is 4.99. The summed E-state index contributed by atoms with van der Waals surface area (Å²) in [6.45, 7) is 2.84. The molecule has 1 saturated heterocycles. The Morgan fingerprint density at radius 1 is 1.20 bits per heavy atom. The second-order valence-electron chi connectivity index (χ2n) is 7.12. The molecular formula is C20H21N7O2S. The van der Waals surface area contributed by atoms with Crippen molar-refractivity contribution in [3.63, 3.8) is 0 Å². The molecule has 0 saturated carbocycles. The van der Waals surface area contributed by atoms with Gasteiger partial charge in [-0.25, -0.2) is 14.6 Å². The first-order valence-corrected chi connectivity index (χ1v) is 10.7. The Labute approximate surface area is 177 Å². The van der Waals surface area contributed by atoms with E-state index in [0.29, 0.717) is 30.3 Å². The lowest BCUT2D eigenvalue weighted by Crippen LogP contribution is -2.40. The molecule has 154 valence electrons. The van der Waals surface area contributed by atoms with Crippen LogP contribution in [0.5, 0.6) is 0 Å². The molecule has 4 aromatic heterocycles. The van der Waals surface area contributed by atoms with E-state index >= 15 is 0 Å². The zero-order valence-electron chi connectivity index (χ0n) is 16.3. The van der Waals surface area contributed by atoms with Crippen LogP contribution in [0.3, 0.4) is 0 Å². The molecule has 10 heteroatoms. The smallest absolute Gasteiger partial charge is 0.245 e. The predicted octanol–water partition coefficient (Wildman–Crippen LogP) is 3.27. The van der Waals surface area contributed by atoms with Crippen molar-refractivity contribution < 1.29 is 9.37 Å².